The van der Waals surface area contributed by atoms with Gasteiger partial charge >= 0.3 is 0 Å². The minimum Gasteiger partial charge on any atom is -0.486 e. The second-order valence-corrected chi connectivity index (χ2v) is 19.0. The van der Waals surface area contributed by atoms with Crippen LogP contribution in [0.1, 0.15) is 0 Å². The minimum absolute atomic E-state index is 0.197. The van der Waals surface area contributed by atoms with Crippen molar-refractivity contribution in [3.8, 4) is 5.75 Å². The average Bonchev–Trinajstić information content (AvgIpc) is 3.35. The van der Waals surface area contributed by atoms with E-state index < -0.39 is 138 Å². The Bertz CT molecular complexity index is 2690. The van der Waals surface area contributed by atoms with Crippen LogP contribution in [0, 0.1) is 69.8 Å². The van der Waals surface area contributed by atoms with Crippen LogP contribution in [0.5, 0.6) is 5.75 Å². The molecule has 7 rings (SSSR count). The van der Waals surface area contributed by atoms with Gasteiger partial charge in [0.05, 0.1) is 26.7 Å². The number of rotatable bonds is 11. The Hall–Kier alpha value is -3.81. The molecule has 0 aliphatic carbocycles. The second-order valence-electron chi connectivity index (χ2n) is 14.0. The summed E-state index contributed by atoms with van der Waals surface area (Å²) in [5.41, 5.74) is -8.47. The Morgan fingerprint density at radius 2 is 0.652 bits per heavy atom. The predicted octanol–water partition coefficient (Wildman–Crippen LogP) is 14.8. The maximum Gasteiger partial charge on any atom is 0.208 e. The summed E-state index contributed by atoms with van der Waals surface area (Å²) in [5, 5.41) is -13.9. The first-order valence-corrected chi connectivity index (χ1v) is 23.1. The van der Waals surface area contributed by atoms with Gasteiger partial charge in [-0.05, 0) is 36.4 Å². The molecule has 24 heteroatoms. The van der Waals surface area contributed by atoms with Crippen LogP contribution in [-0.2, 0) is 15.6 Å². The monoisotopic (exact) mass is 1140 g/mol. The maximum absolute atomic E-state index is 16.0. The highest BCUT2D eigenvalue weighted by Gasteiger charge is 2.50. The fourth-order valence-electron chi connectivity index (χ4n) is 7.35. The Labute approximate surface area is 426 Å². The zero-order chi connectivity index (χ0) is 51.0. The molecule has 0 N–H and O–H groups in total. The van der Waals surface area contributed by atoms with Gasteiger partial charge in [-0.25, -0.2) is 52.7 Å². The van der Waals surface area contributed by atoms with E-state index in [1.165, 1.54) is 14.7 Å². The van der Waals surface area contributed by atoms with Crippen molar-refractivity contribution in [2.24, 2.45) is 0 Å². The number of hydrogen-bond acceptors (Lipinski definition) is 2. The molecule has 0 aliphatic rings. The van der Waals surface area contributed by atoms with Crippen molar-refractivity contribution in [2.75, 3.05) is 20.3 Å². The highest BCUT2D eigenvalue weighted by Crippen LogP contribution is 2.41. The van der Waals surface area contributed by atoms with Crippen LogP contribution in [0.25, 0.3) is 0 Å². The molecule has 0 atom stereocenters. The molecule has 0 fully saturated rings. The third-order valence-electron chi connectivity index (χ3n) is 10.3. The standard InChI is InChI=1S/C24BCl8F12.C21H21O2S/c26-5-1(13(34)21(42)17(38)9(5)30)25(2-6(27)10(31)18(39)22(43)14(2)35,3-7(28)11(32)19(40)23(44)15(3)36)4-8(29)12(33)20(41)24(45)16(4)37;1-22-16-17-23-20-14-8-9-15-21(20)24(18-10-4-2-5-11-18)19-12-6-3-7-13-19/h;2-15H,16-17H2,1H3/q-1;+1. The van der Waals surface area contributed by atoms with Crippen LogP contribution in [0.15, 0.2) is 99.6 Å². The summed E-state index contributed by atoms with van der Waals surface area (Å²) in [6.07, 6.45) is -5.62. The summed E-state index contributed by atoms with van der Waals surface area (Å²) in [5.74, 6) is -30.3. The van der Waals surface area contributed by atoms with Crippen molar-refractivity contribution < 1.29 is 62.2 Å². The molecule has 362 valence electrons. The van der Waals surface area contributed by atoms with Gasteiger partial charge in [0.2, 0.25) is 4.90 Å². The summed E-state index contributed by atoms with van der Waals surface area (Å²) < 4.78 is 194. The summed E-state index contributed by atoms with van der Waals surface area (Å²) >= 11 is 46.6. The summed E-state index contributed by atoms with van der Waals surface area (Å²) in [6.45, 7) is 1.13. The average molecular weight is 1150 g/mol. The van der Waals surface area contributed by atoms with Crippen LogP contribution in [-0.4, -0.2) is 26.5 Å². The van der Waals surface area contributed by atoms with Gasteiger partial charge in [0.25, 0.3) is 0 Å². The largest absolute Gasteiger partial charge is 0.486 e. The van der Waals surface area contributed by atoms with E-state index in [1.807, 2.05) is 12.1 Å². The van der Waals surface area contributed by atoms with E-state index in [0.717, 1.165) is 5.75 Å². The third-order valence-corrected chi connectivity index (χ3v) is 15.9. The van der Waals surface area contributed by atoms with Gasteiger partial charge in [-0.2, -0.15) is 0 Å². The molecule has 2 nitrogen and oxygen atoms in total. The van der Waals surface area contributed by atoms with Gasteiger partial charge in [0, 0.05) is 27.2 Å². The van der Waals surface area contributed by atoms with E-state index in [2.05, 4.69) is 72.8 Å². The highest BCUT2D eigenvalue weighted by molar-refractivity contribution is 7.97. The fraction of sp³-hybridized carbons (Fsp3) is 0.0667. The lowest BCUT2D eigenvalue weighted by molar-refractivity contribution is 0.145. The molecule has 0 heterocycles. The van der Waals surface area contributed by atoms with Crippen LogP contribution in [0.4, 0.5) is 52.7 Å². The first-order chi connectivity index (χ1) is 32.6. The lowest BCUT2D eigenvalue weighted by Crippen LogP contribution is -2.79. The van der Waals surface area contributed by atoms with Gasteiger partial charge < -0.3 is 9.47 Å². The SMILES string of the molecule is COCCOc1ccccc1[S+](c1ccccc1)c1ccccc1.Fc1c(F)c(Cl)c(Cl)c([B-](c2c(F)c(F)c(F)c(Cl)c2Cl)(c2c(F)c(F)c(F)c(Cl)c2Cl)c2c(F)c(F)c(F)c(Cl)c2Cl)c1F. The Morgan fingerprint density at radius 3 is 0.957 bits per heavy atom. The van der Waals surface area contributed by atoms with Crippen LogP contribution in [0.3, 0.4) is 0 Å². The van der Waals surface area contributed by atoms with Gasteiger partial charge in [-0.1, -0.05) is 141 Å². The second kappa shape index (κ2) is 22.3. The smallest absolute Gasteiger partial charge is 0.208 e. The fourth-order valence-corrected chi connectivity index (χ4v) is 11.6. The molecule has 0 saturated carbocycles. The Kier molecular flexibility index (Phi) is 17.6. The van der Waals surface area contributed by atoms with E-state index in [1.54, 1.807) is 7.11 Å². The van der Waals surface area contributed by atoms with Crippen molar-refractivity contribution in [1.82, 2.24) is 0 Å². The molecule has 0 bridgehead atoms. The molecule has 7 aromatic rings. The van der Waals surface area contributed by atoms with Gasteiger partial charge in [0.15, 0.2) is 62.1 Å². The van der Waals surface area contributed by atoms with Crippen LogP contribution < -0.4 is 26.6 Å². The van der Waals surface area contributed by atoms with Gasteiger partial charge in [0.1, 0.15) is 46.9 Å². The molecule has 69 heavy (non-hydrogen) atoms. The number of hydrogen-bond donors (Lipinski definition) is 0. The molecule has 0 aliphatic heterocycles. The molecule has 0 radical (unpaired) electrons. The van der Waals surface area contributed by atoms with Crippen molar-refractivity contribution in [3.63, 3.8) is 0 Å². The number of benzene rings is 7. The number of methoxy groups -OCH3 is 1. The topological polar surface area (TPSA) is 18.5 Å². The zero-order valence-electron chi connectivity index (χ0n) is 33.9. The lowest BCUT2D eigenvalue weighted by atomic mass is 9.12. The maximum atomic E-state index is 16.0. The lowest BCUT2D eigenvalue weighted by Gasteiger charge is -2.46. The van der Waals surface area contributed by atoms with E-state index in [4.69, 9.17) is 102 Å². The van der Waals surface area contributed by atoms with Crippen molar-refractivity contribution >= 4 is 132 Å². The molecular weight excluding hydrogens is 1130 g/mol. The summed E-state index contributed by atoms with van der Waals surface area (Å²) in [6, 6.07) is 29.5. The summed E-state index contributed by atoms with van der Waals surface area (Å²) in [7, 11) is 1.49. The van der Waals surface area contributed by atoms with Crippen molar-refractivity contribution in [2.45, 2.75) is 14.7 Å². The minimum atomic E-state index is -5.62. The van der Waals surface area contributed by atoms with Crippen LogP contribution in [0.2, 0.25) is 40.2 Å². The first kappa shape index (κ1) is 54.5. The van der Waals surface area contributed by atoms with E-state index in [0.29, 0.717) is 13.2 Å². The molecule has 0 aromatic heterocycles. The van der Waals surface area contributed by atoms with Gasteiger partial charge in [-0.3, -0.25) is 0 Å². The summed E-state index contributed by atoms with van der Waals surface area (Å²) in [4.78, 5) is 3.77. The Balaban J connectivity index is 0.000000273. The normalized spacial score (nSPS) is 11.6. The number of halogens is 20. The molecule has 0 unspecified atom stereocenters. The third kappa shape index (κ3) is 9.68. The molecular formula is C45H21BCl8F12O2S. The predicted molar refractivity (Wildman–Crippen MR) is 248 cm³/mol. The molecule has 0 amide bonds. The molecule has 7 aromatic carbocycles. The zero-order valence-corrected chi connectivity index (χ0v) is 40.7. The van der Waals surface area contributed by atoms with Crippen molar-refractivity contribution in [1.29, 1.82) is 0 Å². The van der Waals surface area contributed by atoms with E-state index in [-0.39, 0.29) is 10.9 Å². The van der Waals surface area contributed by atoms with Gasteiger partial charge in [-0.15, -0.1) is 21.9 Å². The first-order valence-electron chi connectivity index (χ1n) is 18.9. The number of para-hydroxylation sites is 1. The molecule has 0 saturated heterocycles. The number of ether oxygens (including phenoxy) is 2. The van der Waals surface area contributed by atoms with Crippen molar-refractivity contribution in [3.05, 3.63) is 195 Å². The Morgan fingerprint density at radius 1 is 0.362 bits per heavy atom. The highest BCUT2D eigenvalue weighted by atomic mass is 35.5. The molecule has 0 spiro atoms. The van der Waals surface area contributed by atoms with E-state index in [9.17, 15) is 17.6 Å². The van der Waals surface area contributed by atoms with E-state index >= 15 is 35.1 Å². The quantitative estimate of drug-likeness (QED) is 0.0321. The van der Waals surface area contributed by atoms with Crippen LogP contribution >= 0.6 is 92.8 Å².